The third kappa shape index (κ3) is 4.09. The molecule has 90 valence electrons. The highest BCUT2D eigenvalue weighted by Crippen LogP contribution is 2.34. The van der Waals surface area contributed by atoms with Crippen molar-refractivity contribution >= 4 is 0 Å². The zero-order valence-electron chi connectivity index (χ0n) is 10.5. The Morgan fingerprint density at radius 1 is 1.40 bits per heavy atom. The normalized spacial score (nSPS) is 21.8. The highest BCUT2D eigenvalue weighted by molar-refractivity contribution is 4.93. The van der Waals surface area contributed by atoms with Gasteiger partial charge >= 0.3 is 0 Å². The van der Waals surface area contributed by atoms with Crippen molar-refractivity contribution in [1.29, 1.82) is 0 Å². The summed E-state index contributed by atoms with van der Waals surface area (Å²) in [6, 6.07) is 0.263. The van der Waals surface area contributed by atoms with Crippen molar-refractivity contribution in [3.8, 4) is 0 Å². The lowest BCUT2D eigenvalue weighted by Gasteiger charge is -2.35. The summed E-state index contributed by atoms with van der Waals surface area (Å²) in [5, 5.41) is 9.42. The van der Waals surface area contributed by atoms with Gasteiger partial charge in [0.05, 0.1) is 6.61 Å². The number of aliphatic hydroxyl groups excluding tert-OH is 1. The average molecular weight is 214 g/mol. The largest absolute Gasteiger partial charge is 0.395 e. The van der Waals surface area contributed by atoms with Crippen molar-refractivity contribution in [1.82, 2.24) is 4.90 Å². The monoisotopic (exact) mass is 214 g/mol. The molecule has 15 heavy (non-hydrogen) atoms. The molecular formula is C12H26N2O. The number of nitrogens with two attached hydrogens (primary N) is 1. The number of nitrogens with zero attached hydrogens (tertiary/aromatic N) is 1. The van der Waals surface area contributed by atoms with E-state index in [9.17, 15) is 5.11 Å². The molecular weight excluding hydrogens is 188 g/mol. The Balaban J connectivity index is 2.49. The Hall–Kier alpha value is -0.120. The molecule has 1 aliphatic carbocycles. The molecule has 1 saturated carbocycles. The van der Waals surface area contributed by atoms with Gasteiger partial charge in [-0.2, -0.15) is 0 Å². The highest BCUT2D eigenvalue weighted by Gasteiger charge is 2.36. The van der Waals surface area contributed by atoms with Crippen LogP contribution in [0.1, 0.15) is 33.6 Å². The quantitative estimate of drug-likeness (QED) is 0.719. The Bertz CT molecular complexity index is 196. The second kappa shape index (κ2) is 4.81. The summed E-state index contributed by atoms with van der Waals surface area (Å²) in [5.74, 6) is 0.643. The molecule has 0 spiro atoms. The first-order chi connectivity index (χ1) is 6.85. The summed E-state index contributed by atoms with van der Waals surface area (Å²) in [7, 11) is 2.06. The van der Waals surface area contributed by atoms with Gasteiger partial charge in [-0.1, -0.05) is 20.8 Å². The Morgan fingerprint density at radius 2 is 1.93 bits per heavy atom. The lowest BCUT2D eigenvalue weighted by Crippen LogP contribution is -2.51. The van der Waals surface area contributed by atoms with Gasteiger partial charge in [0, 0.05) is 18.6 Å². The van der Waals surface area contributed by atoms with Crippen LogP contribution >= 0.6 is 0 Å². The van der Waals surface area contributed by atoms with Crippen molar-refractivity contribution in [3.05, 3.63) is 0 Å². The molecule has 0 radical (unpaired) electrons. The van der Waals surface area contributed by atoms with Crippen molar-refractivity contribution in [2.75, 3.05) is 20.2 Å². The molecule has 0 saturated heterocycles. The number of hydrogen-bond donors (Lipinski definition) is 2. The predicted molar refractivity (Wildman–Crippen MR) is 63.7 cm³/mol. The smallest absolute Gasteiger partial charge is 0.0601 e. The average Bonchev–Trinajstić information content (AvgIpc) is 2.83. The van der Waals surface area contributed by atoms with E-state index in [1.54, 1.807) is 0 Å². The number of hydrogen-bond acceptors (Lipinski definition) is 3. The fraction of sp³-hybridized carbons (Fsp3) is 1.00. The lowest BCUT2D eigenvalue weighted by atomic mass is 9.94. The van der Waals surface area contributed by atoms with Crippen molar-refractivity contribution in [3.63, 3.8) is 0 Å². The Labute approximate surface area is 93.6 Å². The fourth-order valence-corrected chi connectivity index (χ4v) is 2.22. The minimum Gasteiger partial charge on any atom is -0.395 e. The van der Waals surface area contributed by atoms with Crippen LogP contribution in [0.2, 0.25) is 0 Å². The van der Waals surface area contributed by atoms with E-state index in [0.29, 0.717) is 5.92 Å². The van der Waals surface area contributed by atoms with Crippen molar-refractivity contribution in [2.45, 2.75) is 45.7 Å². The van der Waals surface area contributed by atoms with E-state index in [0.717, 1.165) is 6.54 Å². The summed E-state index contributed by atoms with van der Waals surface area (Å²) in [4.78, 5) is 2.21. The molecule has 0 aromatic rings. The molecule has 3 nitrogen and oxygen atoms in total. The Morgan fingerprint density at radius 3 is 2.27 bits per heavy atom. The number of likely N-dealkylation sites (N-methyl/N-ethyl adjacent to an activating group) is 1. The van der Waals surface area contributed by atoms with Crippen LogP contribution in [0.4, 0.5) is 0 Å². The second-order valence-electron chi connectivity index (χ2n) is 6.14. The number of aliphatic hydroxyl groups is 1. The van der Waals surface area contributed by atoms with E-state index in [2.05, 4.69) is 32.7 Å². The molecule has 2 atom stereocenters. The summed E-state index contributed by atoms with van der Waals surface area (Å²) < 4.78 is 0. The predicted octanol–water partition coefficient (Wildman–Crippen LogP) is 1.06. The maximum Gasteiger partial charge on any atom is 0.0601 e. The van der Waals surface area contributed by atoms with E-state index in [1.165, 1.54) is 12.8 Å². The second-order valence-corrected chi connectivity index (χ2v) is 6.14. The van der Waals surface area contributed by atoms with Gasteiger partial charge in [-0.25, -0.2) is 0 Å². The van der Waals surface area contributed by atoms with E-state index < -0.39 is 0 Å². The molecule has 1 aliphatic rings. The van der Waals surface area contributed by atoms with Crippen LogP contribution in [0.25, 0.3) is 0 Å². The third-order valence-corrected chi connectivity index (χ3v) is 3.09. The van der Waals surface area contributed by atoms with Crippen LogP contribution in [0, 0.1) is 11.3 Å². The molecule has 0 aromatic carbocycles. The van der Waals surface area contributed by atoms with Gasteiger partial charge in [-0.05, 0) is 31.2 Å². The molecule has 1 fully saturated rings. The topological polar surface area (TPSA) is 49.5 Å². The van der Waals surface area contributed by atoms with Gasteiger partial charge in [0.2, 0.25) is 0 Å². The standard InChI is InChI=1S/C12H26N2O/c1-12(2,3)8-14(4)10(7-15)11(13)9-5-6-9/h9-11,15H,5-8,13H2,1-4H3. The summed E-state index contributed by atoms with van der Waals surface area (Å²) in [6.07, 6.45) is 2.47. The van der Waals surface area contributed by atoms with Gasteiger partial charge in [0.15, 0.2) is 0 Å². The molecule has 0 aliphatic heterocycles. The van der Waals surface area contributed by atoms with Crippen LogP contribution in [0.5, 0.6) is 0 Å². The van der Waals surface area contributed by atoms with Gasteiger partial charge in [-0.15, -0.1) is 0 Å². The maximum absolute atomic E-state index is 9.42. The molecule has 0 aromatic heterocycles. The first-order valence-corrected chi connectivity index (χ1v) is 5.92. The van der Waals surface area contributed by atoms with Crippen LogP contribution in [-0.2, 0) is 0 Å². The molecule has 2 unspecified atom stereocenters. The highest BCUT2D eigenvalue weighted by atomic mass is 16.3. The molecule has 3 N–H and O–H groups in total. The van der Waals surface area contributed by atoms with E-state index in [-0.39, 0.29) is 24.1 Å². The van der Waals surface area contributed by atoms with Gasteiger partial charge in [0.25, 0.3) is 0 Å². The summed E-state index contributed by atoms with van der Waals surface area (Å²) >= 11 is 0. The van der Waals surface area contributed by atoms with E-state index >= 15 is 0 Å². The molecule has 0 amide bonds. The van der Waals surface area contributed by atoms with Crippen LogP contribution in [0.3, 0.4) is 0 Å². The molecule has 3 heteroatoms. The van der Waals surface area contributed by atoms with E-state index in [4.69, 9.17) is 5.73 Å². The van der Waals surface area contributed by atoms with Crippen molar-refractivity contribution < 1.29 is 5.11 Å². The van der Waals surface area contributed by atoms with Crippen LogP contribution in [0.15, 0.2) is 0 Å². The van der Waals surface area contributed by atoms with Gasteiger partial charge in [-0.3, -0.25) is 4.90 Å². The first kappa shape index (κ1) is 12.9. The minimum atomic E-state index is 0.122. The van der Waals surface area contributed by atoms with Gasteiger partial charge in [0.1, 0.15) is 0 Å². The molecule has 0 bridgehead atoms. The molecule has 1 rings (SSSR count). The Kier molecular flexibility index (Phi) is 4.15. The third-order valence-electron chi connectivity index (χ3n) is 3.09. The summed E-state index contributed by atoms with van der Waals surface area (Å²) in [5.41, 5.74) is 6.41. The SMILES string of the molecule is CN(CC(C)(C)C)C(CO)C(N)C1CC1. The number of rotatable bonds is 5. The van der Waals surface area contributed by atoms with Crippen molar-refractivity contribution in [2.24, 2.45) is 17.1 Å². The zero-order chi connectivity index (χ0) is 11.6. The lowest BCUT2D eigenvalue weighted by molar-refractivity contribution is 0.0923. The first-order valence-electron chi connectivity index (χ1n) is 5.92. The summed E-state index contributed by atoms with van der Waals surface area (Å²) in [6.45, 7) is 7.77. The van der Waals surface area contributed by atoms with E-state index in [1.807, 2.05) is 0 Å². The fourth-order valence-electron chi connectivity index (χ4n) is 2.22. The zero-order valence-corrected chi connectivity index (χ0v) is 10.5. The van der Waals surface area contributed by atoms with Crippen LogP contribution in [-0.4, -0.2) is 42.3 Å². The van der Waals surface area contributed by atoms with Gasteiger partial charge < -0.3 is 10.8 Å². The molecule has 0 heterocycles. The maximum atomic E-state index is 9.42. The van der Waals surface area contributed by atoms with Crippen LogP contribution < -0.4 is 5.73 Å². The minimum absolute atomic E-state index is 0.122.